The topological polar surface area (TPSA) is 44.4 Å². The van der Waals surface area contributed by atoms with Crippen LogP contribution in [0.1, 0.15) is 37.3 Å². The highest BCUT2D eigenvalue weighted by Crippen LogP contribution is 2.24. The van der Waals surface area contributed by atoms with Gasteiger partial charge in [-0.1, -0.05) is 30.3 Å². The molecule has 0 radical (unpaired) electrons. The molecule has 1 amide bonds. The van der Waals surface area contributed by atoms with Crippen molar-refractivity contribution in [3.05, 3.63) is 35.9 Å². The predicted octanol–water partition coefficient (Wildman–Crippen LogP) is 1.94. The van der Waals surface area contributed by atoms with Crippen LogP contribution in [-0.2, 0) is 4.79 Å². The number of benzene rings is 1. The molecule has 0 aliphatic carbocycles. The Kier molecular flexibility index (Phi) is 6.70. The third-order valence-corrected chi connectivity index (χ3v) is 4.09. The summed E-state index contributed by atoms with van der Waals surface area (Å²) in [5.41, 5.74) is 1.30. The Balaban J connectivity index is 1.89. The van der Waals surface area contributed by atoms with Crippen molar-refractivity contribution in [1.29, 1.82) is 0 Å². The fourth-order valence-corrected chi connectivity index (χ4v) is 2.91. The van der Waals surface area contributed by atoms with E-state index >= 15 is 0 Å². The number of carbonyl (C=O) groups is 1. The average molecular weight is 289 g/mol. The van der Waals surface area contributed by atoms with Crippen molar-refractivity contribution in [2.45, 2.75) is 31.7 Å². The monoisotopic (exact) mass is 289 g/mol. The van der Waals surface area contributed by atoms with Crippen molar-refractivity contribution in [1.82, 2.24) is 15.5 Å². The smallest absolute Gasteiger partial charge is 0.220 e. The summed E-state index contributed by atoms with van der Waals surface area (Å²) in [5.74, 6) is 0.158. The number of likely N-dealkylation sites (tertiary alicyclic amines) is 1. The van der Waals surface area contributed by atoms with E-state index in [2.05, 4.69) is 39.8 Å². The summed E-state index contributed by atoms with van der Waals surface area (Å²) in [6.45, 7) is 3.87. The molecule has 1 saturated heterocycles. The van der Waals surface area contributed by atoms with E-state index in [0.717, 1.165) is 26.1 Å². The predicted molar refractivity (Wildman–Crippen MR) is 86.2 cm³/mol. The van der Waals surface area contributed by atoms with Gasteiger partial charge in [0.05, 0.1) is 6.04 Å². The van der Waals surface area contributed by atoms with Crippen LogP contribution in [0.4, 0.5) is 0 Å². The van der Waals surface area contributed by atoms with Crippen LogP contribution in [0.5, 0.6) is 0 Å². The molecule has 0 aromatic heterocycles. The molecule has 116 valence electrons. The lowest BCUT2D eigenvalue weighted by molar-refractivity contribution is -0.121. The molecule has 1 aromatic rings. The van der Waals surface area contributed by atoms with Gasteiger partial charge in [-0.15, -0.1) is 0 Å². The zero-order valence-corrected chi connectivity index (χ0v) is 13.0. The van der Waals surface area contributed by atoms with E-state index in [-0.39, 0.29) is 5.91 Å². The van der Waals surface area contributed by atoms with E-state index in [0.29, 0.717) is 19.0 Å². The lowest BCUT2D eigenvalue weighted by Crippen LogP contribution is -2.36. The van der Waals surface area contributed by atoms with Crippen molar-refractivity contribution in [2.24, 2.45) is 0 Å². The fraction of sp³-hybridized carbons (Fsp3) is 0.588. The summed E-state index contributed by atoms with van der Waals surface area (Å²) >= 11 is 0. The van der Waals surface area contributed by atoms with Gasteiger partial charge in [0.25, 0.3) is 0 Å². The van der Waals surface area contributed by atoms with Crippen LogP contribution in [0.2, 0.25) is 0 Å². The van der Waals surface area contributed by atoms with Gasteiger partial charge in [-0.3, -0.25) is 9.69 Å². The summed E-state index contributed by atoms with van der Waals surface area (Å²) in [6, 6.07) is 10.8. The van der Waals surface area contributed by atoms with Gasteiger partial charge in [0.2, 0.25) is 5.91 Å². The molecule has 0 bridgehead atoms. The first-order valence-electron chi connectivity index (χ1n) is 8.01. The van der Waals surface area contributed by atoms with Crippen LogP contribution >= 0.6 is 0 Å². The average Bonchev–Trinajstić information content (AvgIpc) is 3.03. The summed E-state index contributed by atoms with van der Waals surface area (Å²) < 4.78 is 0. The third-order valence-electron chi connectivity index (χ3n) is 4.09. The molecule has 2 rings (SSSR count). The number of hydrogen-bond acceptors (Lipinski definition) is 3. The van der Waals surface area contributed by atoms with Gasteiger partial charge in [-0.05, 0) is 51.5 Å². The van der Waals surface area contributed by atoms with E-state index < -0.39 is 0 Å². The van der Waals surface area contributed by atoms with E-state index in [9.17, 15) is 4.79 Å². The van der Waals surface area contributed by atoms with Gasteiger partial charge in [0.15, 0.2) is 0 Å². The van der Waals surface area contributed by atoms with Crippen LogP contribution in [-0.4, -0.2) is 44.0 Å². The maximum Gasteiger partial charge on any atom is 0.220 e. The second-order valence-corrected chi connectivity index (χ2v) is 5.68. The Morgan fingerprint density at radius 1 is 1.24 bits per heavy atom. The second kappa shape index (κ2) is 8.80. The minimum Gasteiger partial charge on any atom is -0.354 e. The number of nitrogens with zero attached hydrogens (tertiary/aromatic N) is 1. The highest BCUT2D eigenvalue weighted by molar-refractivity contribution is 5.75. The Bertz CT molecular complexity index is 415. The molecule has 0 spiro atoms. The van der Waals surface area contributed by atoms with Crippen molar-refractivity contribution in [3.63, 3.8) is 0 Å². The molecule has 4 nitrogen and oxygen atoms in total. The van der Waals surface area contributed by atoms with Gasteiger partial charge >= 0.3 is 0 Å². The Morgan fingerprint density at radius 3 is 2.62 bits per heavy atom. The van der Waals surface area contributed by atoms with Crippen molar-refractivity contribution in [2.75, 3.05) is 33.2 Å². The first-order chi connectivity index (χ1) is 10.3. The third kappa shape index (κ3) is 5.14. The molecule has 2 N–H and O–H groups in total. The van der Waals surface area contributed by atoms with Gasteiger partial charge in [-0.25, -0.2) is 0 Å². The quantitative estimate of drug-likeness (QED) is 0.719. The SMILES string of the molecule is CNCCCC(=O)NCC(c1ccccc1)N1CCCC1. The van der Waals surface area contributed by atoms with E-state index in [1.54, 1.807) is 0 Å². The molecule has 1 heterocycles. The fourth-order valence-electron chi connectivity index (χ4n) is 2.91. The lowest BCUT2D eigenvalue weighted by atomic mass is 10.1. The first-order valence-corrected chi connectivity index (χ1v) is 8.01. The molecular weight excluding hydrogens is 262 g/mol. The zero-order valence-electron chi connectivity index (χ0n) is 13.0. The second-order valence-electron chi connectivity index (χ2n) is 5.68. The molecule has 1 atom stereocenters. The van der Waals surface area contributed by atoms with Gasteiger partial charge in [0, 0.05) is 13.0 Å². The van der Waals surface area contributed by atoms with Gasteiger partial charge in [-0.2, -0.15) is 0 Å². The maximum atomic E-state index is 11.9. The summed E-state index contributed by atoms with van der Waals surface area (Å²) in [5, 5.41) is 6.18. The number of carbonyl (C=O) groups excluding carboxylic acids is 1. The number of hydrogen-bond donors (Lipinski definition) is 2. The minimum atomic E-state index is 0.158. The Labute approximate surface area is 127 Å². The minimum absolute atomic E-state index is 0.158. The number of nitrogens with one attached hydrogen (secondary N) is 2. The Morgan fingerprint density at radius 2 is 1.95 bits per heavy atom. The summed E-state index contributed by atoms with van der Waals surface area (Å²) in [6.07, 6.45) is 4.02. The van der Waals surface area contributed by atoms with Crippen molar-refractivity contribution < 1.29 is 4.79 Å². The van der Waals surface area contributed by atoms with Crippen LogP contribution in [0.25, 0.3) is 0 Å². The maximum absolute atomic E-state index is 11.9. The van der Waals surface area contributed by atoms with E-state index in [4.69, 9.17) is 0 Å². The number of amides is 1. The molecule has 1 unspecified atom stereocenters. The van der Waals surface area contributed by atoms with Crippen LogP contribution < -0.4 is 10.6 Å². The lowest BCUT2D eigenvalue weighted by Gasteiger charge is -2.28. The molecule has 1 aliphatic heterocycles. The summed E-state index contributed by atoms with van der Waals surface area (Å²) in [4.78, 5) is 14.4. The summed E-state index contributed by atoms with van der Waals surface area (Å²) in [7, 11) is 1.91. The normalized spacial score (nSPS) is 16.8. The van der Waals surface area contributed by atoms with Gasteiger partial charge < -0.3 is 10.6 Å². The standard InChI is InChI=1S/C17H27N3O/c1-18-11-7-10-17(21)19-14-16(20-12-5-6-13-20)15-8-3-2-4-9-15/h2-4,8-9,16,18H,5-7,10-14H2,1H3,(H,19,21). The highest BCUT2D eigenvalue weighted by Gasteiger charge is 2.23. The van der Waals surface area contributed by atoms with Crippen LogP contribution in [0.3, 0.4) is 0 Å². The molecule has 1 aliphatic rings. The number of rotatable bonds is 8. The molecule has 1 fully saturated rings. The van der Waals surface area contributed by atoms with Crippen molar-refractivity contribution >= 4 is 5.91 Å². The zero-order chi connectivity index (χ0) is 14.9. The molecular formula is C17H27N3O. The van der Waals surface area contributed by atoms with E-state index in [1.165, 1.54) is 18.4 Å². The highest BCUT2D eigenvalue weighted by atomic mass is 16.1. The van der Waals surface area contributed by atoms with Gasteiger partial charge in [0.1, 0.15) is 0 Å². The molecule has 1 aromatic carbocycles. The van der Waals surface area contributed by atoms with Crippen LogP contribution in [0, 0.1) is 0 Å². The molecule has 21 heavy (non-hydrogen) atoms. The largest absolute Gasteiger partial charge is 0.354 e. The van der Waals surface area contributed by atoms with E-state index in [1.807, 2.05) is 13.1 Å². The first kappa shape index (κ1) is 16.0. The Hall–Kier alpha value is -1.39. The van der Waals surface area contributed by atoms with Crippen LogP contribution in [0.15, 0.2) is 30.3 Å². The molecule has 0 saturated carbocycles. The van der Waals surface area contributed by atoms with Crippen molar-refractivity contribution in [3.8, 4) is 0 Å². The molecule has 4 heteroatoms.